The zero-order valence-corrected chi connectivity index (χ0v) is 17.4. The first kappa shape index (κ1) is 20.0. The predicted octanol–water partition coefficient (Wildman–Crippen LogP) is 5.03. The summed E-state index contributed by atoms with van der Waals surface area (Å²) in [4.78, 5) is 19.9. The van der Waals surface area contributed by atoms with Crippen LogP contribution in [0.4, 0.5) is 5.69 Å². The van der Waals surface area contributed by atoms with E-state index in [-0.39, 0.29) is 5.91 Å². The molecule has 0 N–H and O–H groups in total. The van der Waals surface area contributed by atoms with Gasteiger partial charge in [-0.15, -0.1) is 0 Å². The lowest BCUT2D eigenvalue weighted by Crippen LogP contribution is -2.28. The average molecular weight is 397 g/mol. The number of nitrogens with zero attached hydrogens (tertiary/aromatic N) is 2. The number of likely N-dealkylation sites (N-methyl/N-ethyl adjacent to an activating group) is 1. The lowest BCUT2D eigenvalue weighted by molar-refractivity contribution is -0.122. The van der Waals surface area contributed by atoms with Crippen molar-refractivity contribution in [3.63, 3.8) is 0 Å². The molecule has 0 aromatic heterocycles. The number of ether oxygens (including phenoxy) is 2. The molecule has 28 heavy (non-hydrogen) atoms. The first-order chi connectivity index (χ1) is 13.6. The Labute approximate surface area is 170 Å². The quantitative estimate of drug-likeness (QED) is 0.643. The lowest BCUT2D eigenvalue weighted by Gasteiger charge is -2.12. The second kappa shape index (κ2) is 8.97. The molecule has 146 valence electrons. The Balaban J connectivity index is 1.97. The zero-order chi connectivity index (χ0) is 20.1. The lowest BCUT2D eigenvalue weighted by atomic mass is 10.1. The van der Waals surface area contributed by atoms with Crippen LogP contribution in [-0.4, -0.2) is 36.2 Å². The number of hydrogen-bond donors (Lipinski definition) is 0. The van der Waals surface area contributed by atoms with E-state index in [1.807, 2.05) is 69.3 Å². The van der Waals surface area contributed by atoms with Crippen LogP contribution in [0.25, 0.3) is 6.08 Å². The van der Waals surface area contributed by atoms with Crippen molar-refractivity contribution in [2.75, 3.05) is 20.3 Å². The topological polar surface area (TPSA) is 51.1 Å². The minimum Gasteiger partial charge on any atom is -0.493 e. The Morgan fingerprint density at radius 1 is 1.14 bits per heavy atom. The number of amidine groups is 1. The van der Waals surface area contributed by atoms with Crippen LogP contribution in [0, 0.1) is 6.92 Å². The maximum absolute atomic E-state index is 12.9. The van der Waals surface area contributed by atoms with E-state index >= 15 is 0 Å². The SMILES string of the molecule is CCOc1c(/C=C2/SC(=Nc3ccc(C)cc3)N(CC)C2=O)cccc1OC. The second-order valence-electron chi connectivity index (χ2n) is 6.20. The Bertz CT molecular complexity index is 920. The Kier molecular flexibility index (Phi) is 6.41. The van der Waals surface area contributed by atoms with Crippen LogP contribution in [0.1, 0.15) is 25.0 Å². The highest BCUT2D eigenvalue weighted by molar-refractivity contribution is 8.18. The van der Waals surface area contributed by atoms with E-state index in [1.54, 1.807) is 12.0 Å². The molecule has 2 aromatic rings. The maximum atomic E-state index is 12.9. The fourth-order valence-electron chi connectivity index (χ4n) is 2.85. The number of carbonyl (C=O) groups excluding carboxylic acids is 1. The van der Waals surface area contributed by atoms with Gasteiger partial charge in [-0.2, -0.15) is 0 Å². The van der Waals surface area contributed by atoms with Crippen LogP contribution in [0.5, 0.6) is 11.5 Å². The normalized spacial score (nSPS) is 16.9. The molecular formula is C22H24N2O3S. The highest BCUT2D eigenvalue weighted by Gasteiger charge is 2.32. The van der Waals surface area contributed by atoms with E-state index < -0.39 is 0 Å². The van der Waals surface area contributed by atoms with Gasteiger partial charge in [0.2, 0.25) is 0 Å². The molecule has 0 unspecified atom stereocenters. The van der Waals surface area contributed by atoms with Gasteiger partial charge in [0.25, 0.3) is 5.91 Å². The fraction of sp³-hybridized carbons (Fsp3) is 0.273. The first-order valence-electron chi connectivity index (χ1n) is 9.24. The molecule has 6 heteroatoms. The van der Waals surface area contributed by atoms with Crippen LogP contribution in [0.3, 0.4) is 0 Å². The number of para-hydroxylation sites is 1. The van der Waals surface area contributed by atoms with Gasteiger partial charge in [-0.25, -0.2) is 4.99 Å². The van der Waals surface area contributed by atoms with Gasteiger partial charge in [0.05, 0.1) is 24.3 Å². The van der Waals surface area contributed by atoms with Gasteiger partial charge in [0.15, 0.2) is 16.7 Å². The molecule has 1 heterocycles. The monoisotopic (exact) mass is 396 g/mol. The molecule has 1 fully saturated rings. The van der Waals surface area contributed by atoms with Gasteiger partial charge in [0.1, 0.15) is 0 Å². The number of benzene rings is 2. The van der Waals surface area contributed by atoms with E-state index in [0.29, 0.717) is 34.7 Å². The van der Waals surface area contributed by atoms with Crippen molar-refractivity contribution in [3.05, 3.63) is 58.5 Å². The van der Waals surface area contributed by atoms with Crippen LogP contribution >= 0.6 is 11.8 Å². The maximum Gasteiger partial charge on any atom is 0.266 e. The molecule has 5 nitrogen and oxygen atoms in total. The van der Waals surface area contributed by atoms with E-state index in [2.05, 4.69) is 4.99 Å². The standard InChI is InChI=1S/C22H24N2O3S/c1-5-24-21(25)19(28-22(24)23-17-12-10-15(3)11-13-17)14-16-8-7-9-18(26-4)20(16)27-6-2/h7-14H,5-6H2,1-4H3/b19-14+,23-22?. The van der Waals surface area contributed by atoms with E-state index in [9.17, 15) is 4.79 Å². The van der Waals surface area contributed by atoms with Crippen molar-refractivity contribution in [1.82, 2.24) is 4.90 Å². The van der Waals surface area contributed by atoms with Gasteiger partial charge in [0, 0.05) is 12.1 Å². The molecule has 0 aliphatic carbocycles. The Morgan fingerprint density at radius 3 is 2.54 bits per heavy atom. The smallest absolute Gasteiger partial charge is 0.266 e. The Hall–Kier alpha value is -2.73. The molecule has 1 amide bonds. The minimum absolute atomic E-state index is 0.0522. The number of aliphatic imine (C=N–C) groups is 1. The second-order valence-corrected chi connectivity index (χ2v) is 7.21. The number of thioether (sulfide) groups is 1. The summed E-state index contributed by atoms with van der Waals surface area (Å²) in [5.41, 5.74) is 2.81. The van der Waals surface area contributed by atoms with Crippen molar-refractivity contribution in [2.24, 2.45) is 4.99 Å². The highest BCUT2D eigenvalue weighted by atomic mass is 32.2. The Morgan fingerprint density at radius 2 is 1.89 bits per heavy atom. The third-order valence-electron chi connectivity index (χ3n) is 4.27. The fourth-order valence-corrected chi connectivity index (χ4v) is 3.90. The van der Waals surface area contributed by atoms with Gasteiger partial charge in [-0.1, -0.05) is 29.8 Å². The van der Waals surface area contributed by atoms with Crippen molar-refractivity contribution >= 4 is 34.6 Å². The summed E-state index contributed by atoms with van der Waals surface area (Å²) in [5, 5.41) is 0.684. The van der Waals surface area contributed by atoms with Gasteiger partial charge >= 0.3 is 0 Å². The highest BCUT2D eigenvalue weighted by Crippen LogP contribution is 2.38. The van der Waals surface area contributed by atoms with Crippen molar-refractivity contribution < 1.29 is 14.3 Å². The minimum atomic E-state index is -0.0522. The number of methoxy groups -OCH3 is 1. The van der Waals surface area contributed by atoms with Crippen molar-refractivity contribution in [3.8, 4) is 11.5 Å². The van der Waals surface area contributed by atoms with E-state index in [1.165, 1.54) is 17.3 Å². The van der Waals surface area contributed by atoms with Crippen molar-refractivity contribution in [1.29, 1.82) is 0 Å². The summed E-state index contributed by atoms with van der Waals surface area (Å²) < 4.78 is 11.2. The van der Waals surface area contributed by atoms with Crippen LogP contribution in [0.2, 0.25) is 0 Å². The molecule has 1 aliphatic heterocycles. The van der Waals surface area contributed by atoms with Crippen LogP contribution in [0.15, 0.2) is 52.4 Å². The van der Waals surface area contributed by atoms with Crippen LogP contribution in [-0.2, 0) is 4.79 Å². The third-order valence-corrected chi connectivity index (χ3v) is 5.27. The summed E-state index contributed by atoms with van der Waals surface area (Å²) in [6.45, 7) is 6.98. The van der Waals surface area contributed by atoms with E-state index in [0.717, 1.165) is 11.3 Å². The summed E-state index contributed by atoms with van der Waals surface area (Å²) in [5.74, 6) is 1.23. The third kappa shape index (κ3) is 4.22. The molecule has 0 radical (unpaired) electrons. The molecule has 0 atom stereocenters. The predicted molar refractivity (Wildman–Crippen MR) is 115 cm³/mol. The number of rotatable bonds is 6. The summed E-state index contributed by atoms with van der Waals surface area (Å²) in [6, 6.07) is 13.6. The number of hydrogen-bond acceptors (Lipinski definition) is 5. The first-order valence-corrected chi connectivity index (χ1v) is 10.1. The molecule has 1 aliphatic rings. The molecule has 2 aromatic carbocycles. The van der Waals surface area contributed by atoms with Gasteiger partial charge < -0.3 is 9.47 Å². The van der Waals surface area contributed by atoms with Gasteiger partial charge in [-0.3, -0.25) is 9.69 Å². The summed E-state index contributed by atoms with van der Waals surface area (Å²) in [7, 11) is 1.61. The molecule has 3 rings (SSSR count). The molecule has 0 spiro atoms. The molecular weight excluding hydrogens is 372 g/mol. The largest absolute Gasteiger partial charge is 0.493 e. The van der Waals surface area contributed by atoms with Crippen LogP contribution < -0.4 is 9.47 Å². The zero-order valence-electron chi connectivity index (χ0n) is 16.6. The number of carbonyl (C=O) groups is 1. The van der Waals surface area contributed by atoms with Crippen molar-refractivity contribution in [2.45, 2.75) is 20.8 Å². The van der Waals surface area contributed by atoms with Gasteiger partial charge in [-0.05, 0) is 56.8 Å². The number of aryl methyl sites for hydroxylation is 1. The summed E-state index contributed by atoms with van der Waals surface area (Å²) in [6.07, 6.45) is 1.85. The molecule has 0 saturated carbocycles. The van der Waals surface area contributed by atoms with E-state index in [4.69, 9.17) is 9.47 Å². The summed E-state index contributed by atoms with van der Waals surface area (Å²) >= 11 is 1.38. The molecule has 0 bridgehead atoms. The number of amides is 1. The average Bonchev–Trinajstić information content (AvgIpc) is 2.99. The molecule has 1 saturated heterocycles.